The third-order valence-electron chi connectivity index (χ3n) is 10.9. The van der Waals surface area contributed by atoms with E-state index in [1.54, 1.807) is 0 Å². The Labute approximate surface area is 309 Å². The van der Waals surface area contributed by atoms with Crippen molar-refractivity contribution in [2.75, 3.05) is 0 Å². The molecule has 0 bridgehead atoms. The van der Waals surface area contributed by atoms with Crippen molar-refractivity contribution in [2.24, 2.45) is 0 Å². The van der Waals surface area contributed by atoms with Crippen LogP contribution in [0, 0.1) is 0 Å². The number of pyridine rings is 1. The Bertz CT molecular complexity index is 2810. The van der Waals surface area contributed by atoms with E-state index in [9.17, 15) is 0 Å². The van der Waals surface area contributed by atoms with Crippen molar-refractivity contribution in [2.45, 2.75) is 32.1 Å². The topological polar surface area (TPSA) is 51.6 Å². The van der Waals surface area contributed by atoms with Crippen molar-refractivity contribution in [1.29, 1.82) is 0 Å². The second-order valence-corrected chi connectivity index (χ2v) is 14.6. The summed E-state index contributed by atoms with van der Waals surface area (Å²) in [6.45, 7) is 4.70. The third kappa shape index (κ3) is 5.29. The number of nitrogens with zero attached hydrogens (tertiary/aromatic N) is 4. The molecule has 2 aliphatic rings. The largest absolute Gasteiger partial charge is 0.248 e. The van der Waals surface area contributed by atoms with Crippen LogP contribution in [0.5, 0.6) is 0 Å². The summed E-state index contributed by atoms with van der Waals surface area (Å²) in [5, 5.41) is 3.66. The zero-order valence-corrected chi connectivity index (χ0v) is 29.7. The van der Waals surface area contributed by atoms with Gasteiger partial charge in [-0.1, -0.05) is 147 Å². The molecule has 2 heterocycles. The lowest BCUT2D eigenvalue weighted by Gasteiger charge is -2.25. The minimum absolute atomic E-state index is 0.185. The van der Waals surface area contributed by atoms with Crippen LogP contribution in [-0.2, 0) is 5.41 Å². The van der Waals surface area contributed by atoms with E-state index in [1.807, 2.05) is 30.3 Å². The third-order valence-corrected chi connectivity index (χ3v) is 10.9. The molecule has 0 amide bonds. The first-order chi connectivity index (χ1) is 26.0. The van der Waals surface area contributed by atoms with Crippen LogP contribution in [0.2, 0.25) is 0 Å². The molecule has 0 radical (unpaired) electrons. The van der Waals surface area contributed by atoms with Crippen LogP contribution in [0.3, 0.4) is 0 Å². The molecule has 0 saturated carbocycles. The van der Waals surface area contributed by atoms with Gasteiger partial charge in [-0.2, -0.15) is 0 Å². The second kappa shape index (κ2) is 12.3. The molecule has 252 valence electrons. The fourth-order valence-corrected chi connectivity index (χ4v) is 8.28. The normalized spacial score (nSPS) is 14.3. The number of aromatic nitrogens is 4. The van der Waals surface area contributed by atoms with E-state index in [0.29, 0.717) is 17.5 Å². The van der Waals surface area contributed by atoms with Gasteiger partial charge in [-0.25, -0.2) is 19.9 Å². The van der Waals surface area contributed by atoms with Crippen LogP contribution in [-0.4, -0.2) is 19.9 Å². The van der Waals surface area contributed by atoms with Crippen LogP contribution >= 0.6 is 0 Å². The molecule has 0 atom stereocenters. The standard InChI is InChI=1S/C49H36N4/c1-49(2)41-23-12-11-22-38(41)39-26-27-42-44(45(39)49)40(35-25-24-31-14-9-10-19-34(31)28-35)30-43(50-42)36-20-13-21-37(29-36)48-52-46(32-15-5-3-6-16-32)51-47(53-48)33-17-7-4-8-18-33/h3,5-7,9-30H,4,8H2,1-2H3. The van der Waals surface area contributed by atoms with Crippen molar-refractivity contribution in [3.63, 3.8) is 0 Å². The van der Waals surface area contributed by atoms with Gasteiger partial charge in [-0.15, -0.1) is 0 Å². The van der Waals surface area contributed by atoms with E-state index in [1.165, 1.54) is 49.5 Å². The molecular formula is C49H36N4. The van der Waals surface area contributed by atoms with Crippen LogP contribution in [0.15, 0.2) is 158 Å². The fraction of sp³-hybridized carbons (Fsp3) is 0.102. The molecule has 4 heteroatoms. The summed E-state index contributed by atoms with van der Waals surface area (Å²) in [4.78, 5) is 20.4. The predicted octanol–water partition coefficient (Wildman–Crippen LogP) is 12.3. The summed E-state index contributed by atoms with van der Waals surface area (Å²) in [5.74, 6) is 1.99. The van der Waals surface area contributed by atoms with Crippen LogP contribution in [0.4, 0.5) is 0 Å². The summed E-state index contributed by atoms with van der Waals surface area (Å²) in [5.41, 5.74) is 13.3. The van der Waals surface area contributed by atoms with E-state index in [4.69, 9.17) is 19.9 Å². The zero-order chi connectivity index (χ0) is 35.5. The lowest BCUT2D eigenvalue weighted by Crippen LogP contribution is -2.16. The monoisotopic (exact) mass is 680 g/mol. The summed E-state index contributed by atoms with van der Waals surface area (Å²) in [6, 6.07) is 49.6. The van der Waals surface area contributed by atoms with Crippen LogP contribution < -0.4 is 0 Å². The maximum Gasteiger partial charge on any atom is 0.164 e. The van der Waals surface area contributed by atoms with Crippen molar-refractivity contribution in [3.8, 4) is 56.3 Å². The SMILES string of the molecule is CC1(C)c2ccccc2-c2ccc3nc(-c4cccc(-c5nc(C6=CCCC=C6)nc(-c6ccccc6)n5)c4)cc(-c4ccc5ccccc5c4)c3c21. The van der Waals surface area contributed by atoms with Gasteiger partial charge in [0.15, 0.2) is 17.5 Å². The maximum absolute atomic E-state index is 5.42. The van der Waals surface area contributed by atoms with E-state index in [2.05, 4.69) is 141 Å². The Morgan fingerprint density at radius 1 is 0.491 bits per heavy atom. The number of rotatable bonds is 5. The lowest BCUT2D eigenvalue weighted by atomic mass is 9.79. The van der Waals surface area contributed by atoms with Crippen LogP contribution in [0.1, 0.15) is 43.6 Å². The Balaban J connectivity index is 1.18. The van der Waals surface area contributed by atoms with Gasteiger partial charge in [-0.3, -0.25) is 0 Å². The number of fused-ring (bicyclic) bond motifs is 6. The van der Waals surface area contributed by atoms with E-state index in [-0.39, 0.29) is 5.41 Å². The number of hydrogen-bond donors (Lipinski definition) is 0. The predicted molar refractivity (Wildman–Crippen MR) is 218 cm³/mol. The minimum Gasteiger partial charge on any atom is -0.248 e. The first-order valence-electron chi connectivity index (χ1n) is 18.4. The Morgan fingerprint density at radius 2 is 1.23 bits per heavy atom. The highest BCUT2D eigenvalue weighted by molar-refractivity contribution is 6.06. The first kappa shape index (κ1) is 31.2. The molecule has 0 spiro atoms. The van der Waals surface area contributed by atoms with Gasteiger partial charge in [0.25, 0.3) is 0 Å². The number of benzene rings is 6. The molecule has 2 aromatic heterocycles. The first-order valence-corrected chi connectivity index (χ1v) is 18.4. The van der Waals surface area contributed by atoms with Crippen molar-refractivity contribution in [3.05, 3.63) is 175 Å². The molecule has 0 aliphatic heterocycles. The van der Waals surface area contributed by atoms with Gasteiger partial charge in [-0.05, 0) is 81.3 Å². The van der Waals surface area contributed by atoms with Crippen molar-refractivity contribution >= 4 is 27.2 Å². The van der Waals surface area contributed by atoms with E-state index >= 15 is 0 Å². The number of hydrogen-bond acceptors (Lipinski definition) is 4. The summed E-state index contributed by atoms with van der Waals surface area (Å²) >= 11 is 0. The van der Waals surface area contributed by atoms with Crippen molar-refractivity contribution < 1.29 is 0 Å². The molecule has 0 saturated heterocycles. The average molecular weight is 681 g/mol. The molecule has 6 aromatic carbocycles. The van der Waals surface area contributed by atoms with Crippen molar-refractivity contribution in [1.82, 2.24) is 19.9 Å². The van der Waals surface area contributed by atoms with Gasteiger partial charge in [0, 0.05) is 33.1 Å². The Kier molecular flexibility index (Phi) is 7.26. The highest BCUT2D eigenvalue weighted by Crippen LogP contribution is 2.53. The highest BCUT2D eigenvalue weighted by atomic mass is 15.0. The van der Waals surface area contributed by atoms with Gasteiger partial charge in [0.1, 0.15) is 0 Å². The smallest absolute Gasteiger partial charge is 0.164 e. The molecule has 4 nitrogen and oxygen atoms in total. The van der Waals surface area contributed by atoms with Gasteiger partial charge < -0.3 is 0 Å². The Morgan fingerprint density at radius 3 is 2.08 bits per heavy atom. The van der Waals surface area contributed by atoms with Gasteiger partial charge in [0.2, 0.25) is 0 Å². The van der Waals surface area contributed by atoms with Crippen LogP contribution in [0.25, 0.3) is 83.5 Å². The molecule has 8 aromatic rings. The molecule has 0 fully saturated rings. The quantitative estimate of drug-likeness (QED) is 0.182. The molecular weight excluding hydrogens is 645 g/mol. The van der Waals surface area contributed by atoms with Gasteiger partial charge in [0.05, 0.1) is 11.2 Å². The fourth-order valence-electron chi connectivity index (χ4n) is 8.28. The summed E-state index contributed by atoms with van der Waals surface area (Å²) in [6.07, 6.45) is 8.53. The molecule has 0 N–H and O–H groups in total. The molecule has 0 unspecified atom stereocenters. The summed E-state index contributed by atoms with van der Waals surface area (Å²) in [7, 11) is 0. The highest BCUT2D eigenvalue weighted by Gasteiger charge is 2.37. The number of allylic oxidation sites excluding steroid dienone is 4. The average Bonchev–Trinajstić information content (AvgIpc) is 3.46. The second-order valence-electron chi connectivity index (χ2n) is 14.6. The minimum atomic E-state index is -0.185. The lowest BCUT2D eigenvalue weighted by molar-refractivity contribution is 0.666. The van der Waals surface area contributed by atoms with E-state index in [0.717, 1.165) is 46.3 Å². The maximum atomic E-state index is 5.42. The zero-order valence-electron chi connectivity index (χ0n) is 29.7. The molecule has 2 aliphatic carbocycles. The molecule has 10 rings (SSSR count). The Hall–Kier alpha value is -6.52. The van der Waals surface area contributed by atoms with Gasteiger partial charge >= 0.3 is 0 Å². The van der Waals surface area contributed by atoms with E-state index < -0.39 is 0 Å². The summed E-state index contributed by atoms with van der Waals surface area (Å²) < 4.78 is 0. The molecule has 53 heavy (non-hydrogen) atoms.